The standard InChI is InChI=1S/C20H17N3O3.C15H17NO/c21-14-4-8-16(9-5-14)26-15-6-1-12(2-7-15)18-11-13(19(22)24)3-10-17(18)20(23)25;1-11(2)12-3-7-14(8-4-12)17-15-9-5-13(16)6-10-15/h1-11H,21H2,(H2,22,24)(H2,23,25);3-11H,16H2,1-2H3. The Balaban J connectivity index is 0.000000215. The van der Waals surface area contributed by atoms with Crippen molar-refractivity contribution in [1.29, 1.82) is 0 Å². The fourth-order valence-electron chi connectivity index (χ4n) is 4.12. The van der Waals surface area contributed by atoms with Crippen molar-refractivity contribution in [3.8, 4) is 34.1 Å². The van der Waals surface area contributed by atoms with Crippen LogP contribution in [0.25, 0.3) is 11.1 Å². The van der Waals surface area contributed by atoms with Gasteiger partial charge in [-0.1, -0.05) is 38.1 Å². The Bertz CT molecular complexity index is 1680. The number of benzene rings is 5. The van der Waals surface area contributed by atoms with Crippen molar-refractivity contribution in [2.45, 2.75) is 19.8 Å². The lowest BCUT2D eigenvalue weighted by Gasteiger charge is -2.10. The molecule has 0 radical (unpaired) electrons. The highest BCUT2D eigenvalue weighted by atomic mass is 16.5. The summed E-state index contributed by atoms with van der Waals surface area (Å²) < 4.78 is 11.5. The zero-order valence-corrected chi connectivity index (χ0v) is 24.0. The van der Waals surface area contributed by atoms with Crippen LogP contribution in [0.15, 0.2) is 115 Å². The van der Waals surface area contributed by atoms with Gasteiger partial charge in [0.2, 0.25) is 11.8 Å². The lowest BCUT2D eigenvalue weighted by molar-refractivity contribution is 0.0989. The second kappa shape index (κ2) is 13.7. The van der Waals surface area contributed by atoms with E-state index in [0.717, 1.165) is 17.2 Å². The van der Waals surface area contributed by atoms with Gasteiger partial charge in [-0.05, 0) is 114 Å². The lowest BCUT2D eigenvalue weighted by atomic mass is 9.96. The van der Waals surface area contributed by atoms with Gasteiger partial charge < -0.3 is 32.4 Å². The first-order chi connectivity index (χ1) is 20.6. The molecule has 0 bridgehead atoms. The van der Waals surface area contributed by atoms with Crippen LogP contribution < -0.4 is 32.4 Å². The number of carbonyl (C=O) groups is 2. The van der Waals surface area contributed by atoms with Gasteiger partial charge in [0, 0.05) is 22.5 Å². The van der Waals surface area contributed by atoms with Gasteiger partial charge in [-0.15, -0.1) is 0 Å². The summed E-state index contributed by atoms with van der Waals surface area (Å²) in [4.78, 5) is 23.1. The second-order valence-corrected chi connectivity index (χ2v) is 10.1. The summed E-state index contributed by atoms with van der Waals surface area (Å²) in [6.07, 6.45) is 0. The molecule has 2 amide bonds. The Morgan fingerprint density at radius 3 is 1.37 bits per heavy atom. The Morgan fingerprint density at radius 2 is 0.977 bits per heavy atom. The van der Waals surface area contributed by atoms with Gasteiger partial charge in [0.1, 0.15) is 23.0 Å². The van der Waals surface area contributed by atoms with E-state index in [-0.39, 0.29) is 0 Å². The Morgan fingerprint density at radius 1 is 0.558 bits per heavy atom. The third-order valence-electron chi connectivity index (χ3n) is 6.51. The normalized spacial score (nSPS) is 10.4. The maximum atomic E-state index is 11.7. The van der Waals surface area contributed by atoms with Crippen molar-refractivity contribution in [3.05, 3.63) is 132 Å². The predicted molar refractivity (Wildman–Crippen MR) is 171 cm³/mol. The zero-order valence-electron chi connectivity index (χ0n) is 24.0. The van der Waals surface area contributed by atoms with Crippen molar-refractivity contribution < 1.29 is 19.1 Å². The van der Waals surface area contributed by atoms with E-state index >= 15 is 0 Å². The summed E-state index contributed by atoms with van der Waals surface area (Å²) in [5, 5.41) is 0. The molecule has 43 heavy (non-hydrogen) atoms. The summed E-state index contributed by atoms with van der Waals surface area (Å²) in [5.74, 6) is 2.30. The molecule has 0 aliphatic rings. The molecule has 0 fully saturated rings. The average molecular weight is 575 g/mol. The minimum Gasteiger partial charge on any atom is -0.457 e. The lowest BCUT2D eigenvalue weighted by Crippen LogP contribution is -2.15. The van der Waals surface area contributed by atoms with Gasteiger partial charge >= 0.3 is 0 Å². The first-order valence-corrected chi connectivity index (χ1v) is 13.6. The summed E-state index contributed by atoms with van der Waals surface area (Å²) in [7, 11) is 0. The van der Waals surface area contributed by atoms with Crippen molar-refractivity contribution in [2.24, 2.45) is 11.5 Å². The smallest absolute Gasteiger partial charge is 0.249 e. The molecule has 0 aliphatic carbocycles. The van der Waals surface area contributed by atoms with Crippen LogP contribution in [-0.2, 0) is 0 Å². The molecule has 0 unspecified atom stereocenters. The summed E-state index contributed by atoms with van der Waals surface area (Å²) >= 11 is 0. The number of ether oxygens (including phenoxy) is 2. The molecule has 8 heteroatoms. The molecule has 5 aromatic rings. The molecule has 0 spiro atoms. The third-order valence-corrected chi connectivity index (χ3v) is 6.51. The molecule has 5 aromatic carbocycles. The van der Waals surface area contributed by atoms with E-state index in [1.54, 1.807) is 54.6 Å². The number of hydrogen-bond donors (Lipinski definition) is 4. The predicted octanol–water partition coefficient (Wildman–Crippen LogP) is 7.11. The minimum atomic E-state index is -0.585. The van der Waals surface area contributed by atoms with E-state index in [9.17, 15) is 9.59 Å². The van der Waals surface area contributed by atoms with Crippen LogP contribution in [0.5, 0.6) is 23.0 Å². The molecule has 5 rings (SSSR count). The number of amides is 2. The first-order valence-electron chi connectivity index (χ1n) is 13.6. The van der Waals surface area contributed by atoms with Gasteiger partial charge in [-0.3, -0.25) is 9.59 Å². The van der Waals surface area contributed by atoms with Crippen LogP contribution in [0, 0.1) is 0 Å². The number of carbonyl (C=O) groups excluding carboxylic acids is 2. The van der Waals surface area contributed by atoms with E-state index in [1.165, 1.54) is 17.7 Å². The van der Waals surface area contributed by atoms with E-state index < -0.39 is 11.8 Å². The van der Waals surface area contributed by atoms with Gasteiger partial charge in [0.15, 0.2) is 0 Å². The van der Waals surface area contributed by atoms with E-state index in [4.69, 9.17) is 32.4 Å². The molecule has 8 N–H and O–H groups in total. The maximum absolute atomic E-state index is 11.7. The highest BCUT2D eigenvalue weighted by Gasteiger charge is 2.13. The molecule has 0 atom stereocenters. The highest BCUT2D eigenvalue weighted by Crippen LogP contribution is 2.29. The molecular formula is C35H34N4O4. The molecule has 8 nitrogen and oxygen atoms in total. The van der Waals surface area contributed by atoms with Crippen LogP contribution in [0.3, 0.4) is 0 Å². The molecule has 0 saturated carbocycles. The number of nitrogens with two attached hydrogens (primary N) is 4. The van der Waals surface area contributed by atoms with Crippen LogP contribution >= 0.6 is 0 Å². The Hall–Kier alpha value is -5.76. The van der Waals surface area contributed by atoms with Crippen LogP contribution in [0.4, 0.5) is 11.4 Å². The number of nitrogen functional groups attached to an aromatic ring is 2. The van der Waals surface area contributed by atoms with Crippen molar-refractivity contribution in [2.75, 3.05) is 11.5 Å². The average Bonchev–Trinajstić information content (AvgIpc) is 3.00. The molecule has 0 saturated heterocycles. The van der Waals surface area contributed by atoms with Crippen LogP contribution in [-0.4, -0.2) is 11.8 Å². The van der Waals surface area contributed by atoms with Gasteiger partial charge in [-0.25, -0.2) is 0 Å². The maximum Gasteiger partial charge on any atom is 0.249 e. The summed E-state index contributed by atoms with van der Waals surface area (Å²) in [6.45, 7) is 4.35. The fourth-order valence-corrected chi connectivity index (χ4v) is 4.12. The molecule has 0 aliphatic heterocycles. The van der Waals surface area contributed by atoms with E-state index in [0.29, 0.717) is 45.4 Å². The Kier molecular flexibility index (Phi) is 9.65. The molecule has 0 aromatic heterocycles. The highest BCUT2D eigenvalue weighted by molar-refractivity contribution is 6.02. The fraction of sp³-hybridized carbons (Fsp3) is 0.0857. The van der Waals surface area contributed by atoms with Gasteiger partial charge in [0.25, 0.3) is 0 Å². The first kappa shape index (κ1) is 30.2. The topological polar surface area (TPSA) is 157 Å². The van der Waals surface area contributed by atoms with E-state index in [2.05, 4.69) is 26.0 Å². The number of hydrogen-bond acceptors (Lipinski definition) is 6. The van der Waals surface area contributed by atoms with Crippen molar-refractivity contribution in [3.63, 3.8) is 0 Å². The number of anilines is 2. The van der Waals surface area contributed by atoms with Gasteiger partial charge in [-0.2, -0.15) is 0 Å². The number of rotatable bonds is 8. The summed E-state index contributed by atoms with van der Waals surface area (Å²) in [6, 6.07) is 34.2. The van der Waals surface area contributed by atoms with Crippen molar-refractivity contribution in [1.82, 2.24) is 0 Å². The third kappa shape index (κ3) is 8.37. The largest absolute Gasteiger partial charge is 0.457 e. The van der Waals surface area contributed by atoms with Gasteiger partial charge in [0.05, 0.1) is 0 Å². The van der Waals surface area contributed by atoms with E-state index in [1.807, 2.05) is 36.4 Å². The van der Waals surface area contributed by atoms with Crippen LogP contribution in [0.1, 0.15) is 46.0 Å². The minimum absolute atomic E-state index is 0.298. The Labute approximate surface area is 250 Å². The number of primary amides is 2. The molecule has 218 valence electrons. The quantitative estimate of drug-likeness (QED) is 0.145. The SMILES string of the molecule is CC(C)c1ccc(Oc2ccc(N)cc2)cc1.NC(=O)c1ccc(C(N)=O)c(-c2ccc(Oc3ccc(N)cc3)cc2)c1. The van der Waals surface area contributed by atoms with Crippen molar-refractivity contribution >= 4 is 23.2 Å². The summed E-state index contributed by atoms with van der Waals surface area (Å²) in [5.41, 5.74) is 26.6. The molecule has 0 heterocycles. The zero-order chi connectivity index (χ0) is 30.9. The second-order valence-electron chi connectivity index (χ2n) is 10.1. The van der Waals surface area contributed by atoms with Crippen LogP contribution in [0.2, 0.25) is 0 Å². The monoisotopic (exact) mass is 574 g/mol. The molecular weight excluding hydrogens is 540 g/mol.